The van der Waals surface area contributed by atoms with E-state index in [0.29, 0.717) is 11.5 Å². The van der Waals surface area contributed by atoms with E-state index in [4.69, 9.17) is 4.98 Å². The molecule has 1 aliphatic carbocycles. The van der Waals surface area contributed by atoms with Crippen LogP contribution in [0.5, 0.6) is 0 Å². The second kappa shape index (κ2) is 6.63. The molecule has 1 aliphatic rings. The zero-order valence-electron chi connectivity index (χ0n) is 14.4. The zero-order valence-corrected chi connectivity index (χ0v) is 15.2. The lowest BCUT2D eigenvalue weighted by Crippen LogP contribution is -2.56. The quantitative estimate of drug-likeness (QED) is 0.839. The maximum Gasteiger partial charge on any atom is 0.185 e. The lowest BCUT2D eigenvalue weighted by molar-refractivity contribution is 0.0683. The van der Waals surface area contributed by atoms with Crippen molar-refractivity contribution in [3.8, 4) is 0 Å². The molecule has 4 nitrogen and oxygen atoms in total. The molecule has 0 bridgehead atoms. The minimum atomic E-state index is 0.349. The molecule has 1 N–H and O–H groups in total. The Labute approximate surface area is 133 Å². The third kappa shape index (κ3) is 3.41. The Morgan fingerprint density at radius 3 is 2.38 bits per heavy atom. The standard InChI is InChI=1S/C16H30N4S/c1-12(2)14-13(10-17-3)21-15(18-14)20(6)11-16(19(4)5)8-7-9-16/h12,17H,7-11H2,1-6H3. The summed E-state index contributed by atoms with van der Waals surface area (Å²) in [7, 11) is 8.61. The first kappa shape index (κ1) is 16.7. The second-order valence-electron chi connectivity index (χ2n) is 6.82. The van der Waals surface area contributed by atoms with Gasteiger partial charge in [0.2, 0.25) is 0 Å². The summed E-state index contributed by atoms with van der Waals surface area (Å²) >= 11 is 1.84. The SMILES string of the molecule is CNCc1sc(N(C)CC2(N(C)C)CCC2)nc1C(C)C. The van der Waals surface area contributed by atoms with Crippen LogP contribution in [0.15, 0.2) is 0 Å². The Bertz CT molecular complexity index is 463. The van der Waals surface area contributed by atoms with Gasteiger partial charge in [-0.1, -0.05) is 13.8 Å². The van der Waals surface area contributed by atoms with Crippen LogP contribution in [0.1, 0.15) is 49.6 Å². The molecule has 0 unspecified atom stereocenters. The van der Waals surface area contributed by atoms with Gasteiger partial charge in [-0.2, -0.15) is 0 Å². The van der Waals surface area contributed by atoms with Crippen LogP contribution in [0.25, 0.3) is 0 Å². The number of nitrogens with one attached hydrogen (secondary N) is 1. The fourth-order valence-electron chi connectivity index (χ4n) is 3.09. The third-order valence-corrected chi connectivity index (χ3v) is 5.88. The van der Waals surface area contributed by atoms with E-state index in [2.05, 4.69) is 50.1 Å². The molecule has 1 aromatic rings. The summed E-state index contributed by atoms with van der Waals surface area (Å²) in [6, 6.07) is 0. The van der Waals surface area contributed by atoms with Gasteiger partial charge < -0.3 is 15.1 Å². The normalized spacial score (nSPS) is 17.3. The molecule has 1 aromatic heterocycles. The number of aromatic nitrogens is 1. The van der Waals surface area contributed by atoms with Crippen LogP contribution in [0, 0.1) is 0 Å². The van der Waals surface area contributed by atoms with E-state index in [1.165, 1.54) is 29.8 Å². The summed E-state index contributed by atoms with van der Waals surface area (Å²) in [5.74, 6) is 0.485. The summed E-state index contributed by atoms with van der Waals surface area (Å²) in [6.45, 7) is 6.44. The van der Waals surface area contributed by atoms with Crippen LogP contribution in [0.3, 0.4) is 0 Å². The highest BCUT2D eigenvalue weighted by Crippen LogP contribution is 2.38. The van der Waals surface area contributed by atoms with Gasteiger partial charge in [0.15, 0.2) is 5.13 Å². The van der Waals surface area contributed by atoms with Gasteiger partial charge in [-0.3, -0.25) is 0 Å². The molecular formula is C16H30N4S. The largest absolute Gasteiger partial charge is 0.349 e. The molecule has 1 fully saturated rings. The first-order valence-electron chi connectivity index (χ1n) is 7.92. The number of hydrogen-bond acceptors (Lipinski definition) is 5. The number of nitrogens with zero attached hydrogens (tertiary/aromatic N) is 3. The fraction of sp³-hybridized carbons (Fsp3) is 0.812. The Morgan fingerprint density at radius 1 is 1.29 bits per heavy atom. The lowest BCUT2D eigenvalue weighted by atomic mass is 9.75. The molecule has 0 spiro atoms. The van der Waals surface area contributed by atoms with Crippen molar-refractivity contribution in [1.82, 2.24) is 15.2 Å². The average Bonchev–Trinajstić information content (AvgIpc) is 2.77. The van der Waals surface area contributed by atoms with Gasteiger partial charge in [-0.15, -0.1) is 11.3 Å². The van der Waals surface area contributed by atoms with E-state index >= 15 is 0 Å². The van der Waals surface area contributed by atoms with Gasteiger partial charge in [0.25, 0.3) is 0 Å². The van der Waals surface area contributed by atoms with E-state index < -0.39 is 0 Å². The summed E-state index contributed by atoms with van der Waals surface area (Å²) < 4.78 is 0. The molecule has 1 heterocycles. The third-order valence-electron chi connectivity index (χ3n) is 4.69. The summed E-state index contributed by atoms with van der Waals surface area (Å²) in [4.78, 5) is 11.1. The molecule has 0 atom stereocenters. The van der Waals surface area contributed by atoms with E-state index in [0.717, 1.165) is 18.2 Å². The number of rotatable bonds is 7. The van der Waals surface area contributed by atoms with Gasteiger partial charge in [0, 0.05) is 30.6 Å². The van der Waals surface area contributed by atoms with Gasteiger partial charge in [-0.25, -0.2) is 4.98 Å². The van der Waals surface area contributed by atoms with Crippen LogP contribution in [-0.4, -0.2) is 50.2 Å². The van der Waals surface area contributed by atoms with Crippen molar-refractivity contribution in [2.45, 2.75) is 51.1 Å². The molecule has 2 rings (SSSR count). The number of thiazole rings is 1. The van der Waals surface area contributed by atoms with Gasteiger partial charge >= 0.3 is 0 Å². The monoisotopic (exact) mass is 310 g/mol. The van der Waals surface area contributed by atoms with Gasteiger partial charge in [0.1, 0.15) is 0 Å². The topological polar surface area (TPSA) is 31.4 Å². The molecule has 5 heteroatoms. The van der Waals surface area contributed by atoms with Gasteiger partial charge in [-0.05, 0) is 46.3 Å². The van der Waals surface area contributed by atoms with Crippen molar-refractivity contribution in [3.63, 3.8) is 0 Å². The number of likely N-dealkylation sites (N-methyl/N-ethyl adjacent to an activating group) is 2. The van der Waals surface area contributed by atoms with Crippen LogP contribution in [0.4, 0.5) is 5.13 Å². The van der Waals surface area contributed by atoms with E-state index in [9.17, 15) is 0 Å². The highest BCUT2D eigenvalue weighted by molar-refractivity contribution is 7.15. The Morgan fingerprint density at radius 2 is 1.95 bits per heavy atom. The smallest absolute Gasteiger partial charge is 0.185 e. The first-order valence-corrected chi connectivity index (χ1v) is 8.74. The summed E-state index contributed by atoms with van der Waals surface area (Å²) in [6.07, 6.45) is 3.96. The van der Waals surface area contributed by atoms with Crippen molar-refractivity contribution in [2.24, 2.45) is 0 Å². The first-order chi connectivity index (χ1) is 9.89. The minimum Gasteiger partial charge on any atom is -0.349 e. The molecular weight excluding hydrogens is 280 g/mol. The Balaban J connectivity index is 2.15. The molecule has 0 aromatic carbocycles. The van der Waals surface area contributed by atoms with Gasteiger partial charge in [0.05, 0.1) is 5.69 Å². The zero-order chi connectivity index (χ0) is 15.6. The highest BCUT2D eigenvalue weighted by Gasteiger charge is 2.40. The summed E-state index contributed by atoms with van der Waals surface area (Å²) in [5, 5.41) is 4.43. The van der Waals surface area contributed by atoms with Crippen molar-refractivity contribution in [3.05, 3.63) is 10.6 Å². The van der Waals surface area contributed by atoms with Crippen LogP contribution < -0.4 is 10.2 Å². The highest BCUT2D eigenvalue weighted by atomic mass is 32.1. The fourth-order valence-corrected chi connectivity index (χ4v) is 4.28. The molecule has 0 saturated heterocycles. The molecule has 0 aliphatic heterocycles. The number of anilines is 1. The van der Waals surface area contributed by atoms with Crippen LogP contribution in [0.2, 0.25) is 0 Å². The second-order valence-corrected chi connectivity index (χ2v) is 7.88. The van der Waals surface area contributed by atoms with Crippen molar-refractivity contribution < 1.29 is 0 Å². The predicted molar refractivity (Wildman–Crippen MR) is 92.5 cm³/mol. The summed E-state index contributed by atoms with van der Waals surface area (Å²) in [5.41, 5.74) is 1.60. The molecule has 0 amide bonds. The molecule has 120 valence electrons. The van der Waals surface area contributed by atoms with Crippen LogP contribution in [-0.2, 0) is 6.54 Å². The molecule has 21 heavy (non-hydrogen) atoms. The van der Waals surface area contributed by atoms with Crippen molar-refractivity contribution in [1.29, 1.82) is 0 Å². The minimum absolute atomic E-state index is 0.349. The van der Waals surface area contributed by atoms with E-state index in [-0.39, 0.29) is 0 Å². The molecule has 1 saturated carbocycles. The maximum absolute atomic E-state index is 4.92. The molecule has 0 radical (unpaired) electrons. The Hall–Kier alpha value is -0.650. The van der Waals surface area contributed by atoms with E-state index in [1.54, 1.807) is 0 Å². The predicted octanol–water partition coefficient (Wildman–Crippen LogP) is 2.91. The average molecular weight is 311 g/mol. The van der Waals surface area contributed by atoms with E-state index in [1.807, 2.05) is 18.4 Å². The maximum atomic E-state index is 4.92. The van der Waals surface area contributed by atoms with Crippen LogP contribution >= 0.6 is 11.3 Å². The Kier molecular flexibility index (Phi) is 5.28. The van der Waals surface area contributed by atoms with Crippen molar-refractivity contribution >= 4 is 16.5 Å². The number of hydrogen-bond donors (Lipinski definition) is 1. The lowest BCUT2D eigenvalue weighted by Gasteiger charge is -2.49. The van der Waals surface area contributed by atoms with Crippen molar-refractivity contribution in [2.75, 3.05) is 39.6 Å².